The number of thiazole rings is 1. The Balaban J connectivity index is 1.68. The molecule has 0 unspecified atom stereocenters. The number of hydrogen-bond acceptors (Lipinski definition) is 5. The molecule has 0 bridgehead atoms. The van der Waals surface area contributed by atoms with Gasteiger partial charge in [-0.1, -0.05) is 23.7 Å². The van der Waals surface area contributed by atoms with Gasteiger partial charge in [0.2, 0.25) is 5.91 Å². The lowest BCUT2D eigenvalue weighted by molar-refractivity contribution is -0.115. The van der Waals surface area contributed by atoms with Gasteiger partial charge < -0.3 is 14.8 Å². The Morgan fingerprint density at radius 2 is 1.77 bits per heavy atom. The van der Waals surface area contributed by atoms with Crippen LogP contribution in [0.5, 0.6) is 11.5 Å². The molecule has 0 fully saturated rings. The summed E-state index contributed by atoms with van der Waals surface area (Å²) in [5.74, 6) is 1.06. The second-order valence-corrected chi connectivity index (χ2v) is 6.77. The summed E-state index contributed by atoms with van der Waals surface area (Å²) >= 11 is 7.40. The van der Waals surface area contributed by atoms with E-state index >= 15 is 0 Å². The average molecular weight is 389 g/mol. The lowest BCUT2D eigenvalue weighted by atomic mass is 10.2. The van der Waals surface area contributed by atoms with E-state index in [0.717, 1.165) is 10.6 Å². The van der Waals surface area contributed by atoms with Crippen molar-refractivity contribution in [2.24, 2.45) is 0 Å². The number of amides is 1. The number of rotatable bonds is 6. The minimum atomic E-state index is -0.159. The van der Waals surface area contributed by atoms with Crippen molar-refractivity contribution in [3.63, 3.8) is 0 Å². The number of benzene rings is 2. The molecular weight excluding hydrogens is 372 g/mol. The molecule has 0 saturated carbocycles. The van der Waals surface area contributed by atoms with Gasteiger partial charge in [0, 0.05) is 39.9 Å². The van der Waals surface area contributed by atoms with Crippen LogP contribution in [0.15, 0.2) is 47.8 Å². The summed E-state index contributed by atoms with van der Waals surface area (Å²) in [7, 11) is 3.13. The van der Waals surface area contributed by atoms with Crippen LogP contribution in [0.2, 0.25) is 5.02 Å². The molecule has 5 nitrogen and oxygen atoms in total. The molecular formula is C19H17ClN2O3S. The molecule has 26 heavy (non-hydrogen) atoms. The molecule has 3 aromatic rings. The van der Waals surface area contributed by atoms with E-state index in [0.29, 0.717) is 27.9 Å². The summed E-state index contributed by atoms with van der Waals surface area (Å²) in [5, 5.41) is 6.26. The number of nitrogens with zero attached hydrogens (tertiary/aromatic N) is 1. The van der Waals surface area contributed by atoms with Gasteiger partial charge in [-0.3, -0.25) is 4.79 Å². The van der Waals surface area contributed by atoms with Gasteiger partial charge in [0.25, 0.3) is 0 Å². The van der Waals surface area contributed by atoms with Crippen LogP contribution in [-0.4, -0.2) is 25.1 Å². The molecule has 0 saturated heterocycles. The minimum Gasteiger partial charge on any atom is -0.497 e. The van der Waals surface area contributed by atoms with Crippen molar-refractivity contribution < 1.29 is 14.3 Å². The quantitative estimate of drug-likeness (QED) is 0.667. The van der Waals surface area contributed by atoms with E-state index in [4.69, 9.17) is 21.1 Å². The Kier molecular flexibility index (Phi) is 5.75. The van der Waals surface area contributed by atoms with Crippen LogP contribution in [0, 0.1) is 0 Å². The Labute approximate surface area is 160 Å². The SMILES string of the molecule is COc1cc(NC(=O)Cc2csc(-c3ccc(Cl)cc3)n2)cc(OC)c1. The van der Waals surface area contributed by atoms with E-state index in [1.54, 1.807) is 32.4 Å². The van der Waals surface area contributed by atoms with Crippen LogP contribution in [0.1, 0.15) is 5.69 Å². The van der Waals surface area contributed by atoms with E-state index in [1.165, 1.54) is 11.3 Å². The van der Waals surface area contributed by atoms with E-state index in [1.807, 2.05) is 29.6 Å². The number of ether oxygens (including phenoxy) is 2. The molecule has 0 spiro atoms. The number of nitrogens with one attached hydrogen (secondary N) is 1. The molecule has 3 rings (SSSR count). The third kappa shape index (κ3) is 4.53. The predicted octanol–water partition coefficient (Wildman–Crippen LogP) is 4.66. The van der Waals surface area contributed by atoms with E-state index in [9.17, 15) is 4.79 Å². The van der Waals surface area contributed by atoms with Crippen LogP contribution >= 0.6 is 22.9 Å². The number of anilines is 1. The highest BCUT2D eigenvalue weighted by atomic mass is 35.5. The van der Waals surface area contributed by atoms with Crippen molar-refractivity contribution in [3.8, 4) is 22.1 Å². The minimum absolute atomic E-state index is 0.159. The van der Waals surface area contributed by atoms with Crippen LogP contribution in [-0.2, 0) is 11.2 Å². The molecule has 2 aromatic carbocycles. The molecule has 1 N–H and O–H groups in total. The summed E-state index contributed by atoms with van der Waals surface area (Å²) in [6.07, 6.45) is 0.184. The Bertz CT molecular complexity index is 887. The zero-order chi connectivity index (χ0) is 18.5. The molecule has 7 heteroatoms. The number of carbonyl (C=O) groups is 1. The van der Waals surface area contributed by atoms with Gasteiger partial charge in [0.05, 0.1) is 26.3 Å². The third-order valence-corrected chi connectivity index (χ3v) is 4.81. The van der Waals surface area contributed by atoms with E-state index < -0.39 is 0 Å². The van der Waals surface area contributed by atoms with Gasteiger partial charge in [-0.05, 0) is 12.1 Å². The first-order chi connectivity index (χ1) is 12.6. The number of halogens is 1. The van der Waals surface area contributed by atoms with Gasteiger partial charge in [-0.15, -0.1) is 11.3 Å². The number of aromatic nitrogens is 1. The van der Waals surface area contributed by atoms with E-state index in [-0.39, 0.29) is 12.3 Å². The summed E-state index contributed by atoms with van der Waals surface area (Å²) in [5.41, 5.74) is 2.30. The van der Waals surface area contributed by atoms with Crippen molar-refractivity contribution in [1.29, 1.82) is 0 Å². The maximum absolute atomic E-state index is 12.3. The van der Waals surface area contributed by atoms with Crippen molar-refractivity contribution in [2.45, 2.75) is 6.42 Å². The van der Waals surface area contributed by atoms with Crippen LogP contribution < -0.4 is 14.8 Å². The standard InChI is InChI=1S/C19H17ClN2O3S/c1-24-16-7-14(8-17(10-16)25-2)21-18(23)9-15-11-26-19(22-15)12-3-5-13(20)6-4-12/h3-8,10-11H,9H2,1-2H3,(H,21,23). The van der Waals surface area contributed by atoms with Gasteiger partial charge in [0.15, 0.2) is 0 Å². The average Bonchev–Trinajstić information content (AvgIpc) is 3.10. The molecule has 0 aliphatic heterocycles. The predicted molar refractivity (Wildman–Crippen MR) is 104 cm³/mol. The highest BCUT2D eigenvalue weighted by Crippen LogP contribution is 2.27. The Morgan fingerprint density at radius 3 is 2.38 bits per heavy atom. The van der Waals surface area contributed by atoms with Crippen LogP contribution in [0.3, 0.4) is 0 Å². The van der Waals surface area contributed by atoms with Crippen molar-refractivity contribution >= 4 is 34.5 Å². The first-order valence-corrected chi connectivity index (χ1v) is 9.06. The summed E-state index contributed by atoms with van der Waals surface area (Å²) in [6.45, 7) is 0. The Hall–Kier alpha value is -2.57. The van der Waals surface area contributed by atoms with Crippen molar-refractivity contribution in [1.82, 2.24) is 4.98 Å². The van der Waals surface area contributed by atoms with Crippen molar-refractivity contribution in [2.75, 3.05) is 19.5 Å². The van der Waals surface area contributed by atoms with Gasteiger partial charge in [-0.25, -0.2) is 4.98 Å². The maximum Gasteiger partial charge on any atom is 0.230 e. The second kappa shape index (κ2) is 8.21. The lowest BCUT2D eigenvalue weighted by Gasteiger charge is -2.09. The molecule has 0 aliphatic rings. The van der Waals surface area contributed by atoms with Gasteiger partial charge in [0.1, 0.15) is 16.5 Å². The number of hydrogen-bond donors (Lipinski definition) is 1. The zero-order valence-corrected chi connectivity index (χ0v) is 15.9. The summed E-state index contributed by atoms with van der Waals surface area (Å²) < 4.78 is 10.4. The molecule has 0 atom stereocenters. The molecule has 1 heterocycles. The summed E-state index contributed by atoms with van der Waals surface area (Å²) in [6, 6.07) is 12.7. The maximum atomic E-state index is 12.3. The fourth-order valence-electron chi connectivity index (χ4n) is 2.36. The monoisotopic (exact) mass is 388 g/mol. The normalized spacial score (nSPS) is 10.4. The lowest BCUT2D eigenvalue weighted by Crippen LogP contribution is -2.14. The fraction of sp³-hybridized carbons (Fsp3) is 0.158. The van der Waals surface area contributed by atoms with Gasteiger partial charge in [-0.2, -0.15) is 0 Å². The largest absolute Gasteiger partial charge is 0.497 e. The molecule has 1 amide bonds. The zero-order valence-electron chi connectivity index (χ0n) is 14.3. The van der Waals surface area contributed by atoms with Gasteiger partial charge >= 0.3 is 0 Å². The van der Waals surface area contributed by atoms with Crippen LogP contribution in [0.25, 0.3) is 10.6 Å². The first kappa shape index (κ1) is 18.2. The highest BCUT2D eigenvalue weighted by molar-refractivity contribution is 7.13. The molecule has 1 aromatic heterocycles. The molecule has 0 radical (unpaired) electrons. The van der Waals surface area contributed by atoms with E-state index in [2.05, 4.69) is 10.3 Å². The number of methoxy groups -OCH3 is 2. The third-order valence-electron chi connectivity index (χ3n) is 3.62. The van der Waals surface area contributed by atoms with Crippen LogP contribution in [0.4, 0.5) is 5.69 Å². The number of carbonyl (C=O) groups excluding carboxylic acids is 1. The summed E-state index contributed by atoms with van der Waals surface area (Å²) in [4.78, 5) is 16.9. The topological polar surface area (TPSA) is 60.5 Å². The highest BCUT2D eigenvalue weighted by Gasteiger charge is 2.11. The fourth-order valence-corrected chi connectivity index (χ4v) is 3.31. The van der Waals surface area contributed by atoms with Crippen molar-refractivity contribution in [3.05, 3.63) is 58.6 Å². The molecule has 134 valence electrons. The second-order valence-electron chi connectivity index (χ2n) is 5.48. The molecule has 0 aliphatic carbocycles. The smallest absolute Gasteiger partial charge is 0.230 e. The Morgan fingerprint density at radius 1 is 1.12 bits per heavy atom. The first-order valence-electron chi connectivity index (χ1n) is 7.80.